The molecule has 244 valence electrons. The van der Waals surface area contributed by atoms with E-state index in [0.29, 0.717) is 0 Å². The lowest BCUT2D eigenvalue weighted by Gasteiger charge is -2.34. The summed E-state index contributed by atoms with van der Waals surface area (Å²) in [5.41, 5.74) is 21.0. The molecule has 52 heavy (non-hydrogen) atoms. The van der Waals surface area contributed by atoms with Gasteiger partial charge in [0.05, 0.1) is 33.3 Å². The minimum atomic E-state index is 0.0688. The summed E-state index contributed by atoms with van der Waals surface area (Å²) in [5, 5.41) is 5.21. The first-order valence-electron chi connectivity index (χ1n) is 18.3. The lowest BCUT2D eigenvalue weighted by Crippen LogP contribution is -2.59. The molecule has 0 aliphatic carbocycles. The standard InChI is InChI=1S/C47H33BN4/c1-26-13-16-39-32(19-26)33-20-27(2)14-17-40(33)50(39)31-24-42-44-43(25-31)52-46-36(11-8-12-38(46)49-47(52)30-9-6-5-7-10-30)48(44)37-23-29(4)22-35-34-21-28(3)15-18-41(34)51(42)45(35)37/h5-25H,1-4H3. The van der Waals surface area contributed by atoms with E-state index in [2.05, 4.69) is 169 Å². The fourth-order valence-corrected chi connectivity index (χ4v) is 9.73. The summed E-state index contributed by atoms with van der Waals surface area (Å²) in [6, 6.07) is 47.9. The van der Waals surface area contributed by atoms with E-state index in [1.54, 1.807) is 0 Å². The SMILES string of the molecule is Cc1ccc2c(c1)c1cc(C)ccc1n2-c1cc2c3c(c1)-n1c4ccc(C)cc4c4cc(C)cc(c41)B3c1cccc3nc(-c4ccccc4)n-2c13. The van der Waals surface area contributed by atoms with Gasteiger partial charge >= 0.3 is 0 Å². The van der Waals surface area contributed by atoms with Gasteiger partial charge in [0, 0.05) is 44.0 Å². The molecule has 12 rings (SSSR count). The number of benzene rings is 7. The van der Waals surface area contributed by atoms with Crippen LogP contribution in [0.3, 0.4) is 0 Å². The van der Waals surface area contributed by atoms with Gasteiger partial charge in [0.1, 0.15) is 5.82 Å². The van der Waals surface area contributed by atoms with Crippen LogP contribution in [0.4, 0.5) is 0 Å². The Hall–Kier alpha value is -6.33. The number of aryl methyl sites for hydroxylation is 4. The minimum Gasteiger partial charge on any atom is -0.310 e. The molecule has 3 aromatic heterocycles. The van der Waals surface area contributed by atoms with Gasteiger partial charge in [0.15, 0.2) is 0 Å². The molecule has 2 aliphatic heterocycles. The molecular formula is C47H33BN4. The molecule has 5 heteroatoms. The second-order valence-electron chi connectivity index (χ2n) is 15.2. The van der Waals surface area contributed by atoms with Crippen LogP contribution in [0.5, 0.6) is 0 Å². The van der Waals surface area contributed by atoms with Crippen LogP contribution in [0, 0.1) is 27.7 Å². The maximum atomic E-state index is 5.40. The first-order valence-corrected chi connectivity index (χ1v) is 18.3. The first-order chi connectivity index (χ1) is 25.4. The molecule has 0 saturated carbocycles. The summed E-state index contributed by atoms with van der Waals surface area (Å²) in [7, 11) is 0. The van der Waals surface area contributed by atoms with Crippen molar-refractivity contribution in [3.63, 3.8) is 0 Å². The number of hydrogen-bond acceptors (Lipinski definition) is 1. The van der Waals surface area contributed by atoms with E-state index in [-0.39, 0.29) is 6.71 Å². The summed E-state index contributed by atoms with van der Waals surface area (Å²) >= 11 is 0. The van der Waals surface area contributed by atoms with Crippen molar-refractivity contribution < 1.29 is 0 Å². The van der Waals surface area contributed by atoms with Crippen molar-refractivity contribution in [1.29, 1.82) is 0 Å². The van der Waals surface area contributed by atoms with Gasteiger partial charge in [-0.3, -0.25) is 4.57 Å². The Morgan fingerprint density at radius 3 is 1.73 bits per heavy atom. The molecule has 4 nitrogen and oxygen atoms in total. The maximum Gasteiger partial charge on any atom is 0.252 e. The average molecular weight is 665 g/mol. The summed E-state index contributed by atoms with van der Waals surface area (Å²) in [5.74, 6) is 0.975. The third kappa shape index (κ3) is 3.50. The average Bonchev–Trinajstić information content (AvgIpc) is 3.80. The molecule has 0 N–H and O–H groups in total. The van der Waals surface area contributed by atoms with Crippen LogP contribution >= 0.6 is 0 Å². The highest BCUT2D eigenvalue weighted by Gasteiger charge is 2.41. The molecule has 10 aromatic rings. The smallest absolute Gasteiger partial charge is 0.252 e. The number of aromatic nitrogens is 4. The number of nitrogens with zero attached hydrogens (tertiary/aromatic N) is 4. The zero-order valence-electron chi connectivity index (χ0n) is 29.5. The van der Waals surface area contributed by atoms with E-state index in [1.165, 1.54) is 99.1 Å². The summed E-state index contributed by atoms with van der Waals surface area (Å²) in [6.45, 7) is 8.91. The van der Waals surface area contributed by atoms with Crippen molar-refractivity contribution >= 4 is 77.7 Å². The van der Waals surface area contributed by atoms with Crippen LogP contribution in [0.15, 0.2) is 127 Å². The summed E-state index contributed by atoms with van der Waals surface area (Å²) in [6.07, 6.45) is 0. The third-order valence-corrected chi connectivity index (χ3v) is 11.8. The van der Waals surface area contributed by atoms with E-state index in [1.807, 2.05) is 0 Å². The summed E-state index contributed by atoms with van der Waals surface area (Å²) < 4.78 is 7.53. The van der Waals surface area contributed by atoms with Crippen molar-refractivity contribution in [1.82, 2.24) is 18.7 Å². The Bertz CT molecular complexity index is 3170. The summed E-state index contributed by atoms with van der Waals surface area (Å²) in [4.78, 5) is 5.40. The zero-order valence-corrected chi connectivity index (χ0v) is 29.5. The highest BCUT2D eigenvalue weighted by molar-refractivity contribution is 7.00. The van der Waals surface area contributed by atoms with E-state index in [9.17, 15) is 0 Å². The lowest BCUT2D eigenvalue weighted by molar-refractivity contribution is 1.07. The van der Waals surface area contributed by atoms with Gasteiger partial charge in [-0.05, 0) is 105 Å². The molecule has 0 saturated heterocycles. The molecule has 0 spiro atoms. The highest BCUT2D eigenvalue weighted by Crippen LogP contribution is 2.41. The lowest BCUT2D eigenvalue weighted by atomic mass is 9.34. The van der Waals surface area contributed by atoms with Crippen molar-refractivity contribution in [3.05, 3.63) is 150 Å². The number of hydrogen-bond donors (Lipinski definition) is 0. The van der Waals surface area contributed by atoms with Crippen LogP contribution in [-0.2, 0) is 0 Å². The van der Waals surface area contributed by atoms with Gasteiger partial charge < -0.3 is 9.13 Å². The molecule has 0 radical (unpaired) electrons. The van der Waals surface area contributed by atoms with Crippen LogP contribution in [0.25, 0.3) is 83.1 Å². The first kappa shape index (κ1) is 28.4. The van der Waals surface area contributed by atoms with Gasteiger partial charge in [0.2, 0.25) is 0 Å². The van der Waals surface area contributed by atoms with Gasteiger partial charge in [0.25, 0.3) is 6.71 Å². The van der Waals surface area contributed by atoms with Crippen LogP contribution < -0.4 is 16.4 Å². The van der Waals surface area contributed by atoms with Crippen LogP contribution in [0.2, 0.25) is 0 Å². The van der Waals surface area contributed by atoms with E-state index < -0.39 is 0 Å². The number of imidazole rings is 1. The Morgan fingerprint density at radius 1 is 0.462 bits per heavy atom. The Balaban J connectivity index is 1.31. The number of rotatable bonds is 2. The quantitative estimate of drug-likeness (QED) is 0.169. The second kappa shape index (κ2) is 9.71. The normalized spacial score (nSPS) is 13.0. The molecule has 0 fully saturated rings. The molecule has 7 aromatic carbocycles. The molecule has 0 amide bonds. The predicted molar refractivity (Wildman–Crippen MR) is 219 cm³/mol. The molecule has 0 bridgehead atoms. The molecule has 2 aliphatic rings. The number of para-hydroxylation sites is 1. The van der Waals surface area contributed by atoms with Crippen molar-refractivity contribution in [2.45, 2.75) is 27.7 Å². The monoisotopic (exact) mass is 664 g/mol. The van der Waals surface area contributed by atoms with Crippen LogP contribution in [0.1, 0.15) is 22.3 Å². The van der Waals surface area contributed by atoms with Crippen molar-refractivity contribution in [3.8, 4) is 28.5 Å². The molecule has 0 unspecified atom stereocenters. The Kier molecular flexibility index (Phi) is 5.30. The van der Waals surface area contributed by atoms with Crippen LogP contribution in [-0.4, -0.2) is 25.4 Å². The highest BCUT2D eigenvalue weighted by atomic mass is 15.1. The minimum absolute atomic E-state index is 0.0688. The maximum absolute atomic E-state index is 5.40. The topological polar surface area (TPSA) is 27.7 Å². The van der Waals surface area contributed by atoms with Gasteiger partial charge in [-0.15, -0.1) is 0 Å². The largest absolute Gasteiger partial charge is 0.310 e. The fourth-order valence-electron chi connectivity index (χ4n) is 9.73. The molecule has 0 atom stereocenters. The fraction of sp³-hybridized carbons (Fsp3) is 0.0851. The zero-order chi connectivity index (χ0) is 34.6. The Morgan fingerprint density at radius 2 is 1.06 bits per heavy atom. The van der Waals surface area contributed by atoms with E-state index in [4.69, 9.17) is 4.98 Å². The van der Waals surface area contributed by atoms with Crippen molar-refractivity contribution in [2.24, 2.45) is 0 Å². The van der Waals surface area contributed by atoms with Gasteiger partial charge in [-0.2, -0.15) is 0 Å². The second-order valence-corrected chi connectivity index (χ2v) is 15.2. The van der Waals surface area contributed by atoms with E-state index >= 15 is 0 Å². The predicted octanol–water partition coefficient (Wildman–Crippen LogP) is 9.26. The number of fused-ring (bicyclic) bond motifs is 10. The van der Waals surface area contributed by atoms with Crippen molar-refractivity contribution in [2.75, 3.05) is 0 Å². The van der Waals surface area contributed by atoms with Gasteiger partial charge in [-0.25, -0.2) is 4.98 Å². The molecule has 5 heterocycles. The van der Waals surface area contributed by atoms with E-state index in [0.717, 1.165) is 22.6 Å². The third-order valence-electron chi connectivity index (χ3n) is 11.8. The van der Waals surface area contributed by atoms with Gasteiger partial charge in [-0.1, -0.05) is 89.0 Å². The molecular weight excluding hydrogens is 631 g/mol. The Labute approximate surface area is 301 Å².